The van der Waals surface area contributed by atoms with Crippen molar-refractivity contribution in [3.05, 3.63) is 59.1 Å². The van der Waals surface area contributed by atoms with E-state index in [-0.39, 0.29) is 0 Å². The van der Waals surface area contributed by atoms with E-state index in [9.17, 15) is 0 Å². The average Bonchev–Trinajstić information content (AvgIpc) is 2.67. The third kappa shape index (κ3) is 3.33. The van der Waals surface area contributed by atoms with Crippen molar-refractivity contribution < 1.29 is 0 Å². The van der Waals surface area contributed by atoms with Gasteiger partial charge in [-0.2, -0.15) is 0 Å². The molecule has 1 saturated heterocycles. The second-order valence-corrected chi connectivity index (χ2v) is 6.75. The first-order chi connectivity index (χ1) is 12.2. The molecule has 25 heavy (non-hydrogen) atoms. The molecule has 0 saturated carbocycles. The SMILES string of the molecule is NCc1cccc(-c2ccc3nc(N4CCNCC4)c(Cl)cc3c2)c1. The fourth-order valence-electron chi connectivity index (χ4n) is 3.30. The van der Waals surface area contributed by atoms with Crippen LogP contribution in [0.3, 0.4) is 0 Å². The summed E-state index contributed by atoms with van der Waals surface area (Å²) < 4.78 is 0. The smallest absolute Gasteiger partial charge is 0.148 e. The van der Waals surface area contributed by atoms with Crippen LogP contribution >= 0.6 is 11.6 Å². The van der Waals surface area contributed by atoms with Gasteiger partial charge in [-0.3, -0.25) is 0 Å². The third-order valence-electron chi connectivity index (χ3n) is 4.66. The van der Waals surface area contributed by atoms with Crippen LogP contribution in [-0.2, 0) is 6.54 Å². The molecular formula is C20H21ClN4. The van der Waals surface area contributed by atoms with Crippen LogP contribution in [0.25, 0.3) is 22.0 Å². The second kappa shape index (κ2) is 7.00. The van der Waals surface area contributed by atoms with E-state index in [1.165, 1.54) is 0 Å². The van der Waals surface area contributed by atoms with Crippen LogP contribution in [0.4, 0.5) is 5.82 Å². The molecule has 1 fully saturated rings. The van der Waals surface area contributed by atoms with Gasteiger partial charge in [-0.25, -0.2) is 4.98 Å². The Morgan fingerprint density at radius 1 is 1.04 bits per heavy atom. The molecule has 2 aromatic carbocycles. The number of pyridine rings is 1. The number of hydrogen-bond acceptors (Lipinski definition) is 4. The summed E-state index contributed by atoms with van der Waals surface area (Å²) in [6.45, 7) is 4.34. The highest BCUT2D eigenvalue weighted by Crippen LogP contribution is 2.31. The molecule has 1 aliphatic rings. The predicted octanol–water partition coefficient (Wildman–Crippen LogP) is 3.42. The van der Waals surface area contributed by atoms with Gasteiger partial charge in [0.1, 0.15) is 5.82 Å². The van der Waals surface area contributed by atoms with Gasteiger partial charge in [0, 0.05) is 38.1 Å². The van der Waals surface area contributed by atoms with Crippen LogP contribution in [-0.4, -0.2) is 31.2 Å². The first-order valence-electron chi connectivity index (χ1n) is 8.60. The molecule has 5 heteroatoms. The minimum atomic E-state index is 0.545. The van der Waals surface area contributed by atoms with E-state index in [0.717, 1.165) is 59.6 Å². The van der Waals surface area contributed by atoms with Crippen LogP contribution in [0.5, 0.6) is 0 Å². The quantitative estimate of drug-likeness (QED) is 0.758. The van der Waals surface area contributed by atoms with E-state index in [1.54, 1.807) is 0 Å². The number of piperazine rings is 1. The zero-order valence-corrected chi connectivity index (χ0v) is 14.8. The number of benzene rings is 2. The topological polar surface area (TPSA) is 54.2 Å². The lowest BCUT2D eigenvalue weighted by Gasteiger charge is -2.29. The number of fused-ring (bicyclic) bond motifs is 1. The molecule has 0 bridgehead atoms. The molecule has 3 N–H and O–H groups in total. The Kier molecular flexibility index (Phi) is 4.57. The molecule has 3 aromatic rings. The number of anilines is 1. The molecule has 0 radical (unpaired) electrons. The normalized spacial score (nSPS) is 14.9. The number of halogens is 1. The molecule has 2 heterocycles. The number of hydrogen-bond donors (Lipinski definition) is 2. The molecule has 0 atom stereocenters. The fourth-order valence-corrected chi connectivity index (χ4v) is 3.58. The van der Waals surface area contributed by atoms with Crippen molar-refractivity contribution in [1.29, 1.82) is 0 Å². The van der Waals surface area contributed by atoms with Crippen molar-refractivity contribution in [2.45, 2.75) is 6.54 Å². The molecule has 128 valence electrons. The molecule has 1 aromatic heterocycles. The van der Waals surface area contributed by atoms with Gasteiger partial charge < -0.3 is 16.0 Å². The molecule has 0 unspecified atom stereocenters. The van der Waals surface area contributed by atoms with Gasteiger partial charge in [0.05, 0.1) is 10.5 Å². The van der Waals surface area contributed by atoms with Gasteiger partial charge in [-0.1, -0.05) is 35.9 Å². The van der Waals surface area contributed by atoms with Crippen molar-refractivity contribution in [1.82, 2.24) is 10.3 Å². The maximum atomic E-state index is 6.54. The highest BCUT2D eigenvalue weighted by molar-refractivity contribution is 6.33. The van der Waals surface area contributed by atoms with Gasteiger partial charge in [0.2, 0.25) is 0 Å². The van der Waals surface area contributed by atoms with Crippen LogP contribution < -0.4 is 16.0 Å². The lowest BCUT2D eigenvalue weighted by atomic mass is 10.0. The summed E-state index contributed by atoms with van der Waals surface area (Å²) in [5.74, 6) is 0.883. The highest BCUT2D eigenvalue weighted by atomic mass is 35.5. The Bertz CT molecular complexity index is 903. The number of aromatic nitrogens is 1. The Morgan fingerprint density at radius 2 is 1.84 bits per heavy atom. The lowest BCUT2D eigenvalue weighted by molar-refractivity contribution is 0.585. The summed E-state index contributed by atoms with van der Waals surface area (Å²) in [6, 6.07) is 16.7. The van der Waals surface area contributed by atoms with Crippen molar-refractivity contribution in [3.63, 3.8) is 0 Å². The first-order valence-corrected chi connectivity index (χ1v) is 8.98. The third-order valence-corrected chi connectivity index (χ3v) is 4.94. The van der Waals surface area contributed by atoms with Crippen molar-refractivity contribution in [2.75, 3.05) is 31.1 Å². The van der Waals surface area contributed by atoms with Gasteiger partial charge in [-0.15, -0.1) is 0 Å². The minimum Gasteiger partial charge on any atom is -0.353 e. The van der Waals surface area contributed by atoms with Gasteiger partial charge in [0.25, 0.3) is 0 Å². The largest absolute Gasteiger partial charge is 0.353 e. The van der Waals surface area contributed by atoms with Gasteiger partial charge in [-0.05, 0) is 41.0 Å². The van der Waals surface area contributed by atoms with Crippen molar-refractivity contribution >= 4 is 28.3 Å². The van der Waals surface area contributed by atoms with Crippen molar-refractivity contribution in [3.8, 4) is 11.1 Å². The lowest BCUT2D eigenvalue weighted by Crippen LogP contribution is -2.44. The maximum Gasteiger partial charge on any atom is 0.148 e. The van der Waals surface area contributed by atoms with Gasteiger partial charge >= 0.3 is 0 Å². The summed E-state index contributed by atoms with van der Waals surface area (Å²) in [7, 11) is 0. The van der Waals surface area contributed by atoms with Crippen LogP contribution in [0, 0.1) is 0 Å². The number of rotatable bonds is 3. The molecule has 0 aliphatic carbocycles. The van der Waals surface area contributed by atoms with E-state index in [2.05, 4.69) is 40.5 Å². The monoisotopic (exact) mass is 352 g/mol. The molecular weight excluding hydrogens is 332 g/mol. The summed E-state index contributed by atoms with van der Waals surface area (Å²) >= 11 is 6.54. The standard InChI is InChI=1S/C20H21ClN4/c21-18-12-17-11-16(15-3-1-2-14(10-15)13-22)4-5-19(17)24-20(18)25-8-6-23-7-9-25/h1-5,10-12,23H,6-9,13,22H2. The Balaban J connectivity index is 1.73. The Morgan fingerprint density at radius 3 is 2.64 bits per heavy atom. The zero-order valence-electron chi connectivity index (χ0n) is 14.0. The second-order valence-electron chi connectivity index (χ2n) is 6.34. The maximum absolute atomic E-state index is 6.54. The molecule has 1 aliphatic heterocycles. The van der Waals surface area contributed by atoms with Crippen LogP contribution in [0.2, 0.25) is 5.02 Å². The predicted molar refractivity (Wildman–Crippen MR) is 105 cm³/mol. The van der Waals surface area contributed by atoms with E-state index in [4.69, 9.17) is 22.3 Å². The van der Waals surface area contributed by atoms with E-state index in [0.29, 0.717) is 11.6 Å². The molecule has 4 rings (SSSR count). The zero-order chi connectivity index (χ0) is 17.2. The van der Waals surface area contributed by atoms with Crippen LogP contribution in [0.1, 0.15) is 5.56 Å². The van der Waals surface area contributed by atoms with E-state index >= 15 is 0 Å². The van der Waals surface area contributed by atoms with E-state index in [1.807, 2.05) is 18.2 Å². The summed E-state index contributed by atoms with van der Waals surface area (Å²) in [5.41, 5.74) is 10.2. The summed E-state index contributed by atoms with van der Waals surface area (Å²) in [5, 5.41) is 5.12. The number of nitrogens with one attached hydrogen (secondary N) is 1. The Labute approximate surface area is 152 Å². The Hall–Kier alpha value is -2.14. The minimum absolute atomic E-state index is 0.545. The first kappa shape index (κ1) is 16.3. The molecule has 0 amide bonds. The number of nitrogens with zero attached hydrogens (tertiary/aromatic N) is 2. The van der Waals surface area contributed by atoms with Crippen LogP contribution in [0.15, 0.2) is 48.5 Å². The summed E-state index contributed by atoms with van der Waals surface area (Å²) in [6.07, 6.45) is 0. The van der Waals surface area contributed by atoms with Gasteiger partial charge in [0.15, 0.2) is 0 Å². The molecule has 0 spiro atoms. The van der Waals surface area contributed by atoms with Crippen molar-refractivity contribution in [2.24, 2.45) is 5.73 Å². The van der Waals surface area contributed by atoms with E-state index < -0.39 is 0 Å². The molecule has 4 nitrogen and oxygen atoms in total. The average molecular weight is 353 g/mol. The fraction of sp³-hybridized carbons (Fsp3) is 0.250. The number of nitrogens with two attached hydrogens (primary N) is 1. The highest BCUT2D eigenvalue weighted by Gasteiger charge is 2.16. The summed E-state index contributed by atoms with van der Waals surface area (Å²) in [4.78, 5) is 7.06.